The number of carbonyl (C=O) groups is 2. The highest BCUT2D eigenvalue weighted by atomic mass is 16.1. The summed E-state index contributed by atoms with van der Waals surface area (Å²) in [5.41, 5.74) is 6.08. The monoisotopic (exact) mass is 372 g/mol. The van der Waals surface area contributed by atoms with Crippen molar-refractivity contribution in [1.29, 1.82) is 0 Å². The van der Waals surface area contributed by atoms with Gasteiger partial charge in [0.15, 0.2) is 5.78 Å². The fourth-order valence-corrected chi connectivity index (χ4v) is 6.48. The van der Waals surface area contributed by atoms with E-state index in [1.54, 1.807) is 0 Å². The molecule has 148 valence electrons. The van der Waals surface area contributed by atoms with Gasteiger partial charge >= 0.3 is 0 Å². The third-order valence-electron chi connectivity index (χ3n) is 7.50. The van der Waals surface area contributed by atoms with Crippen molar-refractivity contribution in [2.45, 2.75) is 51.9 Å². The molecule has 2 atom stereocenters. The van der Waals surface area contributed by atoms with E-state index in [2.05, 4.69) is 16.9 Å². The molecule has 0 aromatic carbocycles. The topological polar surface area (TPSA) is 81.2 Å². The lowest BCUT2D eigenvalue weighted by Gasteiger charge is -2.58. The molecule has 6 nitrogen and oxygen atoms in total. The van der Waals surface area contributed by atoms with E-state index in [1.807, 2.05) is 24.8 Å². The molecule has 2 unspecified atom stereocenters. The number of ketones is 1. The SMILES string of the molecule is CCCN(C)c1cc(C(=O)CC2C3CC4CC2CC(C(N)=O)(C4)C3)nn1C. The van der Waals surface area contributed by atoms with Crippen LogP contribution in [0.1, 0.15) is 62.4 Å². The van der Waals surface area contributed by atoms with E-state index in [1.165, 1.54) is 0 Å². The van der Waals surface area contributed by atoms with E-state index in [-0.39, 0.29) is 17.1 Å². The van der Waals surface area contributed by atoms with Crippen LogP contribution in [0.5, 0.6) is 0 Å². The van der Waals surface area contributed by atoms with Crippen LogP contribution in [0.25, 0.3) is 0 Å². The van der Waals surface area contributed by atoms with E-state index in [4.69, 9.17) is 5.73 Å². The van der Waals surface area contributed by atoms with Gasteiger partial charge in [0, 0.05) is 38.5 Å². The van der Waals surface area contributed by atoms with Gasteiger partial charge in [-0.1, -0.05) is 6.92 Å². The molecule has 0 radical (unpaired) electrons. The van der Waals surface area contributed by atoms with Crippen molar-refractivity contribution in [3.8, 4) is 0 Å². The molecule has 0 saturated heterocycles. The van der Waals surface area contributed by atoms with Crippen LogP contribution in [0.15, 0.2) is 6.07 Å². The maximum atomic E-state index is 13.0. The van der Waals surface area contributed by atoms with Crippen molar-refractivity contribution in [3.63, 3.8) is 0 Å². The molecule has 4 saturated carbocycles. The first-order chi connectivity index (χ1) is 12.8. The van der Waals surface area contributed by atoms with Crippen molar-refractivity contribution in [3.05, 3.63) is 11.8 Å². The first-order valence-electron chi connectivity index (χ1n) is 10.4. The number of hydrogen-bond acceptors (Lipinski definition) is 4. The van der Waals surface area contributed by atoms with Gasteiger partial charge in [-0.05, 0) is 62.2 Å². The zero-order chi connectivity index (χ0) is 19.3. The quantitative estimate of drug-likeness (QED) is 0.746. The number of aryl methyl sites for hydroxylation is 1. The average molecular weight is 373 g/mol. The second kappa shape index (κ2) is 6.64. The number of aromatic nitrogens is 2. The predicted octanol–water partition coefficient (Wildman–Crippen LogP) is 2.77. The summed E-state index contributed by atoms with van der Waals surface area (Å²) in [5, 5.41) is 4.49. The van der Waals surface area contributed by atoms with Crippen LogP contribution in [0, 0.1) is 29.1 Å². The number of hydrogen-bond donors (Lipinski definition) is 1. The molecule has 0 aliphatic heterocycles. The number of amides is 1. The summed E-state index contributed by atoms with van der Waals surface area (Å²) in [6, 6.07) is 1.93. The van der Waals surface area contributed by atoms with Gasteiger partial charge in [0.25, 0.3) is 0 Å². The van der Waals surface area contributed by atoms with Crippen molar-refractivity contribution >= 4 is 17.5 Å². The minimum atomic E-state index is -0.281. The van der Waals surface area contributed by atoms with Gasteiger partial charge in [0.2, 0.25) is 5.91 Å². The van der Waals surface area contributed by atoms with Crippen LogP contribution < -0.4 is 10.6 Å². The summed E-state index contributed by atoms with van der Waals surface area (Å²) >= 11 is 0. The summed E-state index contributed by atoms with van der Waals surface area (Å²) in [7, 11) is 3.94. The van der Waals surface area contributed by atoms with E-state index >= 15 is 0 Å². The minimum absolute atomic E-state index is 0.111. The summed E-state index contributed by atoms with van der Waals surface area (Å²) < 4.78 is 1.81. The molecule has 1 amide bonds. The van der Waals surface area contributed by atoms with Crippen molar-refractivity contribution in [2.75, 3.05) is 18.5 Å². The van der Waals surface area contributed by atoms with Crippen LogP contribution in [0.2, 0.25) is 0 Å². The molecule has 4 aliphatic carbocycles. The first-order valence-corrected chi connectivity index (χ1v) is 10.4. The molecule has 0 spiro atoms. The third kappa shape index (κ3) is 3.07. The van der Waals surface area contributed by atoms with Crippen molar-refractivity contribution in [2.24, 2.45) is 41.9 Å². The fraction of sp³-hybridized carbons (Fsp3) is 0.762. The normalized spacial score (nSPS) is 34.0. The molecule has 1 aromatic heterocycles. The summed E-state index contributed by atoms with van der Waals surface area (Å²) in [6.07, 6.45) is 6.69. The van der Waals surface area contributed by atoms with Crippen LogP contribution in [-0.4, -0.2) is 35.1 Å². The predicted molar refractivity (Wildman–Crippen MR) is 104 cm³/mol. The van der Waals surface area contributed by atoms with Gasteiger partial charge in [-0.15, -0.1) is 0 Å². The Balaban J connectivity index is 1.48. The van der Waals surface area contributed by atoms with E-state index in [9.17, 15) is 9.59 Å². The average Bonchev–Trinajstić information content (AvgIpc) is 2.99. The standard InChI is InChI=1S/C21H32N4O2/c1-4-5-24(2)19-9-17(23-25(19)3)18(26)8-16-14-6-13-7-15(16)12-21(10-13,11-14)20(22)27/h9,13-16H,4-8,10-12H2,1-3H3,(H2,22,27). The second-order valence-electron chi connectivity index (χ2n) is 9.34. The first kappa shape index (κ1) is 18.5. The zero-order valence-corrected chi connectivity index (χ0v) is 16.8. The highest BCUT2D eigenvalue weighted by Gasteiger charge is 2.57. The Kier molecular flexibility index (Phi) is 4.55. The molecule has 2 N–H and O–H groups in total. The van der Waals surface area contributed by atoms with E-state index in [0.717, 1.165) is 50.9 Å². The number of carbonyl (C=O) groups excluding carboxylic acids is 2. The fourth-order valence-electron chi connectivity index (χ4n) is 6.48. The number of Topliss-reactive ketones (excluding diaryl/α,β-unsaturated/α-hetero) is 1. The van der Waals surface area contributed by atoms with Crippen molar-refractivity contribution in [1.82, 2.24) is 9.78 Å². The highest BCUT2D eigenvalue weighted by molar-refractivity contribution is 5.95. The zero-order valence-electron chi connectivity index (χ0n) is 16.8. The Morgan fingerprint density at radius 2 is 1.96 bits per heavy atom. The van der Waals surface area contributed by atoms with Gasteiger partial charge in [0.05, 0.1) is 0 Å². The summed E-state index contributed by atoms with van der Waals surface area (Å²) in [4.78, 5) is 27.3. The molecule has 4 aliphatic rings. The highest BCUT2D eigenvalue weighted by Crippen LogP contribution is 2.62. The van der Waals surface area contributed by atoms with E-state index < -0.39 is 0 Å². The molecule has 1 heterocycles. The van der Waals surface area contributed by atoms with Crippen LogP contribution in [-0.2, 0) is 11.8 Å². The van der Waals surface area contributed by atoms with Crippen molar-refractivity contribution < 1.29 is 9.59 Å². The molecular formula is C21H32N4O2. The van der Waals surface area contributed by atoms with Gasteiger partial charge in [-0.25, -0.2) is 0 Å². The second-order valence-corrected chi connectivity index (χ2v) is 9.34. The van der Waals surface area contributed by atoms with Gasteiger partial charge in [-0.3, -0.25) is 14.3 Å². The number of primary amides is 1. The molecule has 6 heteroatoms. The Morgan fingerprint density at radius 1 is 1.30 bits per heavy atom. The summed E-state index contributed by atoms with van der Waals surface area (Å²) in [5.74, 6) is 2.98. The lowest BCUT2D eigenvalue weighted by atomic mass is 9.45. The van der Waals surface area contributed by atoms with Gasteiger partial charge in [0.1, 0.15) is 11.5 Å². The Labute approximate surface area is 161 Å². The Morgan fingerprint density at radius 3 is 2.56 bits per heavy atom. The summed E-state index contributed by atoms with van der Waals surface area (Å²) in [6.45, 7) is 3.08. The third-order valence-corrected chi connectivity index (χ3v) is 7.50. The van der Waals surface area contributed by atoms with Gasteiger partial charge in [-0.2, -0.15) is 5.10 Å². The maximum absolute atomic E-state index is 13.0. The molecule has 4 bridgehead atoms. The molecular weight excluding hydrogens is 340 g/mol. The molecule has 5 rings (SSSR count). The van der Waals surface area contributed by atoms with Crippen LogP contribution >= 0.6 is 0 Å². The van der Waals surface area contributed by atoms with Crippen LogP contribution in [0.3, 0.4) is 0 Å². The number of rotatable bonds is 7. The lowest BCUT2D eigenvalue weighted by Crippen LogP contribution is -2.56. The Bertz CT molecular complexity index is 739. The lowest BCUT2D eigenvalue weighted by molar-refractivity contribution is -0.149. The largest absolute Gasteiger partial charge is 0.369 e. The number of nitrogens with zero attached hydrogens (tertiary/aromatic N) is 3. The number of nitrogens with two attached hydrogens (primary N) is 1. The Hall–Kier alpha value is -1.85. The molecule has 27 heavy (non-hydrogen) atoms. The number of anilines is 1. The van der Waals surface area contributed by atoms with Crippen LogP contribution in [0.4, 0.5) is 5.82 Å². The minimum Gasteiger partial charge on any atom is -0.369 e. The molecule has 1 aromatic rings. The smallest absolute Gasteiger partial charge is 0.223 e. The van der Waals surface area contributed by atoms with Gasteiger partial charge < -0.3 is 10.6 Å². The van der Waals surface area contributed by atoms with E-state index in [0.29, 0.717) is 35.8 Å². The molecule has 4 fully saturated rings. The maximum Gasteiger partial charge on any atom is 0.223 e.